The van der Waals surface area contributed by atoms with Crippen LogP contribution in [0.5, 0.6) is 0 Å². The summed E-state index contributed by atoms with van der Waals surface area (Å²) >= 11 is 1.29. The highest BCUT2D eigenvalue weighted by molar-refractivity contribution is 8.00. The van der Waals surface area contributed by atoms with Gasteiger partial charge >= 0.3 is 0 Å². The lowest BCUT2D eigenvalue weighted by Crippen LogP contribution is -2.17. The highest BCUT2D eigenvalue weighted by Gasteiger charge is 2.15. The first-order valence-corrected chi connectivity index (χ1v) is 6.35. The summed E-state index contributed by atoms with van der Waals surface area (Å²) in [6, 6.07) is 5.97. The molecule has 1 unspecified atom stereocenters. The smallest absolute Gasteiger partial charge is 0.292 e. The Bertz CT molecular complexity index is 439. The van der Waals surface area contributed by atoms with Crippen LogP contribution in [-0.2, 0) is 4.79 Å². The molecule has 1 atom stereocenters. The number of carbonyl (C=O) groups is 1. The standard InChI is InChI=1S/C11H14N2O4S/c1-8(6-14)18-7-11(15)12-9-4-2-3-5-10(9)13(16)17/h2-5,8,14H,6-7H2,1H3,(H,12,15). The molecule has 0 radical (unpaired) electrons. The molecule has 0 bridgehead atoms. The molecule has 0 aromatic heterocycles. The molecule has 1 aromatic carbocycles. The summed E-state index contributed by atoms with van der Waals surface area (Å²) in [6.07, 6.45) is 0. The second-order valence-electron chi connectivity index (χ2n) is 3.63. The number of hydrogen-bond donors (Lipinski definition) is 2. The van der Waals surface area contributed by atoms with E-state index in [-0.39, 0.29) is 34.9 Å². The van der Waals surface area contributed by atoms with Gasteiger partial charge < -0.3 is 10.4 Å². The van der Waals surface area contributed by atoms with E-state index >= 15 is 0 Å². The zero-order valence-corrected chi connectivity index (χ0v) is 10.6. The summed E-state index contributed by atoms with van der Waals surface area (Å²) in [4.78, 5) is 21.8. The molecule has 98 valence electrons. The van der Waals surface area contributed by atoms with Crippen LogP contribution in [0.1, 0.15) is 6.92 Å². The fourth-order valence-corrected chi connectivity index (χ4v) is 1.81. The Labute approximate surface area is 109 Å². The molecule has 0 saturated carbocycles. The fraction of sp³-hybridized carbons (Fsp3) is 0.364. The van der Waals surface area contributed by atoms with Crippen molar-refractivity contribution in [3.63, 3.8) is 0 Å². The van der Waals surface area contributed by atoms with Crippen LogP contribution in [-0.4, -0.2) is 33.5 Å². The third-order valence-electron chi connectivity index (χ3n) is 2.13. The van der Waals surface area contributed by atoms with Gasteiger partial charge in [-0.1, -0.05) is 19.1 Å². The van der Waals surface area contributed by atoms with E-state index in [1.165, 1.54) is 30.0 Å². The number of aliphatic hydroxyl groups is 1. The SMILES string of the molecule is CC(CO)SCC(=O)Nc1ccccc1[N+](=O)[O-]. The Kier molecular flexibility index (Phi) is 5.60. The minimum atomic E-state index is -0.543. The minimum absolute atomic E-state index is 0.0105. The number of benzene rings is 1. The van der Waals surface area contributed by atoms with Crippen molar-refractivity contribution in [2.24, 2.45) is 0 Å². The molecule has 1 amide bonds. The number of nitrogens with one attached hydrogen (secondary N) is 1. The maximum absolute atomic E-state index is 11.6. The van der Waals surface area contributed by atoms with Crippen LogP contribution in [0.4, 0.5) is 11.4 Å². The minimum Gasteiger partial charge on any atom is -0.395 e. The average Bonchev–Trinajstić information content (AvgIpc) is 2.36. The monoisotopic (exact) mass is 270 g/mol. The Balaban J connectivity index is 2.62. The molecule has 0 aliphatic rings. The summed E-state index contributed by atoms with van der Waals surface area (Å²) in [5.74, 6) is -0.178. The van der Waals surface area contributed by atoms with E-state index in [0.717, 1.165) is 0 Å². The first-order valence-electron chi connectivity index (χ1n) is 5.30. The van der Waals surface area contributed by atoms with Gasteiger partial charge in [-0.3, -0.25) is 14.9 Å². The first-order chi connectivity index (χ1) is 8.54. The lowest BCUT2D eigenvalue weighted by molar-refractivity contribution is -0.383. The van der Waals surface area contributed by atoms with Crippen LogP contribution >= 0.6 is 11.8 Å². The normalized spacial score (nSPS) is 11.9. The second kappa shape index (κ2) is 6.97. The van der Waals surface area contributed by atoms with E-state index < -0.39 is 4.92 Å². The van der Waals surface area contributed by atoms with E-state index in [2.05, 4.69) is 5.32 Å². The van der Waals surface area contributed by atoms with Crippen LogP contribution in [0, 0.1) is 10.1 Å². The van der Waals surface area contributed by atoms with Crippen molar-refractivity contribution >= 4 is 29.0 Å². The van der Waals surface area contributed by atoms with Crippen molar-refractivity contribution < 1.29 is 14.8 Å². The maximum Gasteiger partial charge on any atom is 0.292 e. The van der Waals surface area contributed by atoms with E-state index in [1.54, 1.807) is 13.0 Å². The second-order valence-corrected chi connectivity index (χ2v) is 5.05. The Morgan fingerprint density at radius 3 is 2.83 bits per heavy atom. The molecular weight excluding hydrogens is 256 g/mol. The summed E-state index contributed by atoms with van der Waals surface area (Å²) in [5, 5.41) is 22.0. The van der Waals surface area contributed by atoms with E-state index in [4.69, 9.17) is 5.11 Å². The number of hydrogen-bond acceptors (Lipinski definition) is 5. The van der Waals surface area contributed by atoms with Gasteiger partial charge in [-0.25, -0.2) is 0 Å². The molecule has 0 heterocycles. The van der Waals surface area contributed by atoms with Crippen LogP contribution in [0.15, 0.2) is 24.3 Å². The van der Waals surface area contributed by atoms with Crippen LogP contribution in [0.25, 0.3) is 0 Å². The predicted molar refractivity (Wildman–Crippen MR) is 70.7 cm³/mol. The number of anilines is 1. The van der Waals surface area contributed by atoms with Crippen molar-refractivity contribution in [1.82, 2.24) is 0 Å². The third-order valence-corrected chi connectivity index (χ3v) is 3.28. The number of amides is 1. The first kappa shape index (κ1) is 14.5. The van der Waals surface area contributed by atoms with Crippen LogP contribution in [0.3, 0.4) is 0 Å². The molecule has 6 nitrogen and oxygen atoms in total. The maximum atomic E-state index is 11.6. The third kappa shape index (κ3) is 4.34. The summed E-state index contributed by atoms with van der Waals surface area (Å²) in [5.41, 5.74) is 0.0517. The van der Waals surface area contributed by atoms with Gasteiger partial charge in [0.05, 0.1) is 17.3 Å². The lowest BCUT2D eigenvalue weighted by Gasteiger charge is -2.08. The van der Waals surface area contributed by atoms with E-state index in [1.807, 2.05) is 0 Å². The number of nitrogens with zero attached hydrogens (tertiary/aromatic N) is 1. The van der Waals surface area contributed by atoms with Gasteiger partial charge in [0.15, 0.2) is 0 Å². The van der Waals surface area contributed by atoms with Crippen molar-refractivity contribution in [1.29, 1.82) is 0 Å². The van der Waals surface area contributed by atoms with Crippen LogP contribution < -0.4 is 5.32 Å². The summed E-state index contributed by atoms with van der Waals surface area (Å²) < 4.78 is 0. The lowest BCUT2D eigenvalue weighted by atomic mass is 10.2. The van der Waals surface area contributed by atoms with E-state index in [0.29, 0.717) is 0 Å². The largest absolute Gasteiger partial charge is 0.395 e. The van der Waals surface area contributed by atoms with Gasteiger partial charge in [-0.05, 0) is 6.07 Å². The molecule has 18 heavy (non-hydrogen) atoms. The van der Waals surface area contributed by atoms with Crippen molar-refractivity contribution in [2.75, 3.05) is 17.7 Å². The molecule has 0 saturated heterocycles. The molecule has 7 heteroatoms. The number of nitro groups is 1. The number of carbonyl (C=O) groups excluding carboxylic acids is 1. The van der Waals surface area contributed by atoms with Gasteiger partial charge in [0, 0.05) is 11.3 Å². The van der Waals surface area contributed by atoms with Crippen molar-refractivity contribution in [2.45, 2.75) is 12.2 Å². The van der Waals surface area contributed by atoms with E-state index in [9.17, 15) is 14.9 Å². The van der Waals surface area contributed by atoms with Crippen molar-refractivity contribution in [3.05, 3.63) is 34.4 Å². The Hall–Kier alpha value is -1.60. The molecule has 0 aliphatic heterocycles. The van der Waals surface area contributed by atoms with Gasteiger partial charge in [-0.15, -0.1) is 11.8 Å². The number of rotatable bonds is 6. The predicted octanol–water partition coefficient (Wildman–Crippen LogP) is 1.65. The fourth-order valence-electron chi connectivity index (χ4n) is 1.20. The molecule has 1 rings (SSSR count). The quantitative estimate of drug-likeness (QED) is 0.605. The zero-order chi connectivity index (χ0) is 13.5. The van der Waals surface area contributed by atoms with Gasteiger partial charge in [0.2, 0.25) is 5.91 Å². The molecule has 0 spiro atoms. The molecular formula is C11H14N2O4S. The molecule has 0 aliphatic carbocycles. The highest BCUT2D eigenvalue weighted by atomic mass is 32.2. The molecule has 1 aromatic rings. The topological polar surface area (TPSA) is 92.5 Å². The zero-order valence-electron chi connectivity index (χ0n) is 9.83. The summed E-state index contributed by atoms with van der Waals surface area (Å²) in [6.45, 7) is 1.78. The van der Waals surface area contributed by atoms with Crippen LogP contribution in [0.2, 0.25) is 0 Å². The summed E-state index contributed by atoms with van der Waals surface area (Å²) in [7, 11) is 0. The Morgan fingerprint density at radius 2 is 2.22 bits per heavy atom. The van der Waals surface area contributed by atoms with Crippen molar-refractivity contribution in [3.8, 4) is 0 Å². The highest BCUT2D eigenvalue weighted by Crippen LogP contribution is 2.23. The number of thioether (sulfide) groups is 1. The number of aliphatic hydroxyl groups excluding tert-OH is 1. The number of nitro benzene ring substituents is 1. The van der Waals surface area contributed by atoms with Gasteiger partial charge in [0.25, 0.3) is 5.69 Å². The van der Waals surface area contributed by atoms with Gasteiger partial charge in [0.1, 0.15) is 5.69 Å². The molecule has 0 fully saturated rings. The average molecular weight is 270 g/mol. The van der Waals surface area contributed by atoms with Gasteiger partial charge in [-0.2, -0.15) is 0 Å². The molecule has 2 N–H and O–H groups in total. The Morgan fingerprint density at radius 1 is 1.56 bits per heavy atom. The number of para-hydroxylation sites is 2.